The lowest BCUT2D eigenvalue weighted by atomic mass is 10.3. The molecular weight excluding hydrogens is 234 g/mol. The molecule has 7 nitrogen and oxygen atoms in total. The summed E-state index contributed by atoms with van der Waals surface area (Å²) in [6.07, 6.45) is 0. The highest BCUT2D eigenvalue weighted by Crippen LogP contribution is 2.30. The Morgan fingerprint density at radius 1 is 1.38 bits per heavy atom. The van der Waals surface area contributed by atoms with Crippen molar-refractivity contribution in [2.24, 2.45) is 0 Å². The van der Waals surface area contributed by atoms with Gasteiger partial charge in [-0.05, 0) is 12.1 Å². The van der Waals surface area contributed by atoms with Crippen LogP contribution in [-0.4, -0.2) is 31.7 Å². The van der Waals surface area contributed by atoms with E-state index in [1.165, 1.54) is 26.2 Å². The first-order chi connectivity index (χ1) is 7.28. The lowest BCUT2D eigenvalue weighted by Crippen LogP contribution is -2.23. The zero-order chi connectivity index (χ0) is 12.5. The van der Waals surface area contributed by atoms with Gasteiger partial charge in [0.15, 0.2) is 4.90 Å². The molecule has 1 aromatic carbocycles. The van der Waals surface area contributed by atoms with Crippen molar-refractivity contribution in [3.05, 3.63) is 28.3 Å². The fourth-order valence-electron chi connectivity index (χ4n) is 1.14. The third-order valence-corrected chi connectivity index (χ3v) is 3.82. The number of sulfonamides is 1. The topological polar surface area (TPSA) is 107 Å². The zero-order valence-corrected chi connectivity index (χ0v) is 9.56. The van der Waals surface area contributed by atoms with Gasteiger partial charge in [0.1, 0.15) is 5.69 Å². The van der Waals surface area contributed by atoms with E-state index >= 15 is 0 Å². The lowest BCUT2D eigenvalue weighted by molar-refractivity contribution is -0.386. The number of rotatable bonds is 3. The third-order valence-electron chi connectivity index (χ3n) is 1.97. The molecule has 1 aromatic rings. The van der Waals surface area contributed by atoms with Crippen LogP contribution in [-0.2, 0) is 10.0 Å². The second kappa shape index (κ2) is 4.06. The predicted octanol–water partition coefficient (Wildman–Crippen LogP) is 0.427. The third kappa shape index (κ3) is 1.97. The van der Waals surface area contributed by atoms with E-state index in [0.717, 1.165) is 10.4 Å². The Balaban J connectivity index is 3.59. The molecule has 0 atom stereocenters. The molecule has 0 aliphatic rings. The number of nitrogens with two attached hydrogens (primary N) is 1. The van der Waals surface area contributed by atoms with Crippen LogP contribution in [0.1, 0.15) is 0 Å². The summed E-state index contributed by atoms with van der Waals surface area (Å²) in [6, 6.07) is 3.80. The van der Waals surface area contributed by atoms with Crippen molar-refractivity contribution in [2.45, 2.75) is 4.90 Å². The fourth-order valence-corrected chi connectivity index (χ4v) is 2.22. The van der Waals surface area contributed by atoms with Crippen LogP contribution in [0.3, 0.4) is 0 Å². The van der Waals surface area contributed by atoms with Crippen LogP contribution < -0.4 is 5.73 Å². The molecular formula is C8H11N3O4S. The molecule has 88 valence electrons. The van der Waals surface area contributed by atoms with Gasteiger partial charge in [0.25, 0.3) is 0 Å². The second-order valence-electron chi connectivity index (χ2n) is 3.24. The van der Waals surface area contributed by atoms with Crippen LogP contribution in [0.15, 0.2) is 23.1 Å². The van der Waals surface area contributed by atoms with Crippen LogP contribution in [0.5, 0.6) is 0 Å². The van der Waals surface area contributed by atoms with E-state index in [2.05, 4.69) is 0 Å². The molecule has 0 amide bonds. The van der Waals surface area contributed by atoms with Gasteiger partial charge >= 0.3 is 5.69 Å². The molecule has 0 aliphatic carbocycles. The molecule has 0 bridgehead atoms. The molecule has 0 saturated heterocycles. The summed E-state index contributed by atoms with van der Waals surface area (Å²) in [4.78, 5) is 9.55. The first kappa shape index (κ1) is 12.4. The van der Waals surface area contributed by atoms with E-state index in [1.807, 2.05) is 0 Å². The maximum atomic E-state index is 11.8. The highest BCUT2D eigenvalue weighted by atomic mass is 32.2. The van der Waals surface area contributed by atoms with Gasteiger partial charge in [-0.25, -0.2) is 12.7 Å². The highest BCUT2D eigenvalue weighted by Gasteiger charge is 2.29. The number of anilines is 1. The number of nitro benzene ring substituents is 1. The SMILES string of the molecule is CN(C)S(=O)(=O)c1cccc(N)c1[N+](=O)[O-]. The molecule has 0 fully saturated rings. The fraction of sp³-hybridized carbons (Fsp3) is 0.250. The first-order valence-corrected chi connectivity index (χ1v) is 5.68. The van der Waals surface area contributed by atoms with E-state index < -0.39 is 25.5 Å². The Bertz CT molecular complexity index is 524. The number of hydrogen-bond acceptors (Lipinski definition) is 5. The van der Waals surface area contributed by atoms with Crippen molar-refractivity contribution in [3.8, 4) is 0 Å². The Morgan fingerprint density at radius 3 is 2.38 bits per heavy atom. The van der Waals surface area contributed by atoms with E-state index in [1.54, 1.807) is 0 Å². The molecule has 1 rings (SSSR count). The van der Waals surface area contributed by atoms with E-state index in [9.17, 15) is 18.5 Å². The minimum atomic E-state index is -3.86. The zero-order valence-electron chi connectivity index (χ0n) is 8.75. The number of para-hydroxylation sites is 1. The van der Waals surface area contributed by atoms with Crippen molar-refractivity contribution < 1.29 is 13.3 Å². The van der Waals surface area contributed by atoms with Crippen LogP contribution in [0.2, 0.25) is 0 Å². The minimum Gasteiger partial charge on any atom is -0.393 e. The molecule has 0 aliphatic heterocycles. The van der Waals surface area contributed by atoms with E-state index in [0.29, 0.717) is 0 Å². The Hall–Kier alpha value is -1.67. The first-order valence-electron chi connectivity index (χ1n) is 4.24. The molecule has 0 spiro atoms. The van der Waals surface area contributed by atoms with Gasteiger partial charge in [0, 0.05) is 14.1 Å². The summed E-state index contributed by atoms with van der Waals surface area (Å²) in [6.45, 7) is 0. The van der Waals surface area contributed by atoms with Gasteiger partial charge < -0.3 is 5.73 Å². The van der Waals surface area contributed by atoms with Crippen LogP contribution in [0.4, 0.5) is 11.4 Å². The maximum absolute atomic E-state index is 11.8. The van der Waals surface area contributed by atoms with Crippen LogP contribution in [0.25, 0.3) is 0 Å². The highest BCUT2D eigenvalue weighted by molar-refractivity contribution is 7.89. The number of nitrogens with zero attached hydrogens (tertiary/aromatic N) is 2. The quantitative estimate of drug-likeness (QED) is 0.472. The summed E-state index contributed by atoms with van der Waals surface area (Å²) in [5.74, 6) is 0. The molecule has 8 heteroatoms. The number of benzene rings is 1. The van der Waals surface area contributed by atoms with Gasteiger partial charge in [0.05, 0.1) is 4.92 Å². The van der Waals surface area contributed by atoms with Crippen molar-refractivity contribution in [1.82, 2.24) is 4.31 Å². The standard InChI is InChI=1S/C8H11N3O4S/c1-10(2)16(14,15)7-5-3-4-6(9)8(7)11(12)13/h3-5H,9H2,1-2H3. The largest absolute Gasteiger partial charge is 0.393 e. The Kier molecular flexibility index (Phi) is 3.15. The monoisotopic (exact) mass is 245 g/mol. The van der Waals surface area contributed by atoms with Crippen molar-refractivity contribution >= 4 is 21.4 Å². The molecule has 2 N–H and O–H groups in total. The summed E-state index contributed by atoms with van der Waals surface area (Å²) in [5, 5.41) is 10.8. The minimum absolute atomic E-state index is 0.173. The molecule has 0 heterocycles. The molecule has 0 unspecified atom stereocenters. The smallest absolute Gasteiger partial charge is 0.312 e. The normalized spacial score (nSPS) is 11.7. The maximum Gasteiger partial charge on any atom is 0.312 e. The van der Waals surface area contributed by atoms with Crippen LogP contribution in [0, 0.1) is 10.1 Å². The Morgan fingerprint density at radius 2 is 1.94 bits per heavy atom. The summed E-state index contributed by atoms with van der Waals surface area (Å²) >= 11 is 0. The van der Waals surface area contributed by atoms with Crippen molar-refractivity contribution in [1.29, 1.82) is 0 Å². The molecule has 0 saturated carbocycles. The van der Waals surface area contributed by atoms with E-state index in [-0.39, 0.29) is 5.69 Å². The predicted molar refractivity (Wildman–Crippen MR) is 58.4 cm³/mol. The second-order valence-corrected chi connectivity index (χ2v) is 5.36. The average Bonchev–Trinajstić information content (AvgIpc) is 2.16. The van der Waals surface area contributed by atoms with E-state index in [4.69, 9.17) is 5.73 Å². The van der Waals surface area contributed by atoms with Crippen molar-refractivity contribution in [2.75, 3.05) is 19.8 Å². The van der Waals surface area contributed by atoms with Gasteiger partial charge in [-0.2, -0.15) is 0 Å². The molecule has 16 heavy (non-hydrogen) atoms. The van der Waals surface area contributed by atoms with Gasteiger partial charge in [-0.3, -0.25) is 10.1 Å². The average molecular weight is 245 g/mol. The molecule has 0 radical (unpaired) electrons. The Labute approximate surface area is 92.7 Å². The van der Waals surface area contributed by atoms with Crippen LogP contribution >= 0.6 is 0 Å². The summed E-state index contributed by atoms with van der Waals surface area (Å²) in [5.41, 5.74) is 4.63. The summed E-state index contributed by atoms with van der Waals surface area (Å²) in [7, 11) is -1.28. The van der Waals surface area contributed by atoms with Gasteiger partial charge in [-0.1, -0.05) is 6.07 Å². The summed E-state index contributed by atoms with van der Waals surface area (Å²) < 4.78 is 24.4. The number of nitro groups is 1. The number of hydrogen-bond donors (Lipinski definition) is 1. The lowest BCUT2D eigenvalue weighted by Gasteiger charge is -2.11. The number of nitrogen functional groups attached to an aromatic ring is 1. The van der Waals surface area contributed by atoms with Gasteiger partial charge in [-0.15, -0.1) is 0 Å². The van der Waals surface area contributed by atoms with Crippen molar-refractivity contribution in [3.63, 3.8) is 0 Å². The molecule has 0 aromatic heterocycles. The van der Waals surface area contributed by atoms with Gasteiger partial charge in [0.2, 0.25) is 10.0 Å².